The van der Waals surface area contributed by atoms with Gasteiger partial charge in [-0.25, -0.2) is 9.79 Å². The minimum Gasteiger partial charge on any atom is -0.490 e. The van der Waals surface area contributed by atoms with Gasteiger partial charge in [0.05, 0.1) is 22.0 Å². The van der Waals surface area contributed by atoms with Gasteiger partial charge in [0.1, 0.15) is 5.02 Å². The number of hydrogen-bond donors (Lipinski definition) is 0. The average Bonchev–Trinajstić information content (AvgIpc) is 3.25. The summed E-state index contributed by atoms with van der Waals surface area (Å²) < 4.78 is 55.3. The number of benzene rings is 3. The molecule has 1 aliphatic heterocycles. The fourth-order valence-corrected chi connectivity index (χ4v) is 3.67. The summed E-state index contributed by atoms with van der Waals surface area (Å²) >= 11 is 5.81. The lowest BCUT2D eigenvalue weighted by Gasteiger charge is -2.13. The van der Waals surface area contributed by atoms with Crippen molar-refractivity contribution in [1.82, 2.24) is 0 Å². The zero-order chi connectivity index (χ0) is 29.2. The summed E-state index contributed by atoms with van der Waals surface area (Å²) in [6.07, 6.45) is -3.46. The smallest absolute Gasteiger partial charge is 0.416 e. The summed E-state index contributed by atoms with van der Waals surface area (Å²) in [6, 6.07) is 9.81. The number of nitro groups is 2. The van der Waals surface area contributed by atoms with Crippen molar-refractivity contribution in [2.24, 2.45) is 4.99 Å². The summed E-state index contributed by atoms with van der Waals surface area (Å²) in [7, 11) is 0. The number of rotatable bonds is 8. The van der Waals surface area contributed by atoms with Gasteiger partial charge >= 0.3 is 17.8 Å². The van der Waals surface area contributed by atoms with Gasteiger partial charge in [0.25, 0.3) is 5.69 Å². The summed E-state index contributed by atoms with van der Waals surface area (Å²) in [5.41, 5.74) is -2.17. The number of nitro benzene ring substituents is 2. The highest BCUT2D eigenvalue weighted by Crippen LogP contribution is 2.40. The first kappa shape index (κ1) is 28.0. The van der Waals surface area contributed by atoms with Crippen molar-refractivity contribution in [3.63, 3.8) is 0 Å². The van der Waals surface area contributed by atoms with Crippen LogP contribution in [0.4, 0.5) is 24.5 Å². The Bertz CT molecular complexity index is 1600. The Balaban J connectivity index is 1.66. The Morgan fingerprint density at radius 2 is 1.68 bits per heavy atom. The molecule has 0 aliphatic carbocycles. The highest BCUT2D eigenvalue weighted by Gasteiger charge is 2.33. The number of hydrogen-bond acceptors (Lipinski definition) is 9. The maximum absolute atomic E-state index is 13.0. The van der Waals surface area contributed by atoms with Crippen molar-refractivity contribution in [2.75, 3.05) is 6.61 Å². The Hall–Kier alpha value is -4.98. The number of aliphatic imine (C=N–C) groups is 1. The van der Waals surface area contributed by atoms with E-state index >= 15 is 0 Å². The molecule has 3 aromatic rings. The van der Waals surface area contributed by atoms with Gasteiger partial charge in [-0.3, -0.25) is 20.2 Å². The molecular formula is C25H15ClF3N3O8. The fourth-order valence-electron chi connectivity index (χ4n) is 3.48. The van der Waals surface area contributed by atoms with Crippen LogP contribution in [0.25, 0.3) is 6.08 Å². The van der Waals surface area contributed by atoms with E-state index in [0.29, 0.717) is 17.7 Å². The Kier molecular flexibility index (Phi) is 7.72. The monoisotopic (exact) mass is 577 g/mol. The molecule has 0 spiro atoms. The third kappa shape index (κ3) is 6.02. The van der Waals surface area contributed by atoms with Gasteiger partial charge in [-0.15, -0.1) is 0 Å². The number of halogens is 4. The normalized spacial score (nSPS) is 14.1. The van der Waals surface area contributed by atoms with Crippen LogP contribution in [-0.4, -0.2) is 28.3 Å². The minimum atomic E-state index is -4.79. The van der Waals surface area contributed by atoms with Crippen LogP contribution in [0.2, 0.25) is 5.02 Å². The molecular weight excluding hydrogens is 563 g/mol. The molecule has 0 bridgehead atoms. The number of carbonyl (C=O) groups is 1. The van der Waals surface area contributed by atoms with Crippen molar-refractivity contribution < 1.29 is 42.0 Å². The zero-order valence-corrected chi connectivity index (χ0v) is 20.9. The van der Waals surface area contributed by atoms with Gasteiger partial charge in [0, 0.05) is 17.7 Å². The standard InChI is InChI=1S/C25H15ClF3N3O8/c1-2-38-22-10-13(3-7-21(22)39-20-8-5-15(25(27,28)29)12-19(20)32(36)37)9-17-24(33)40-23(30-17)14-4-6-16(26)18(11-14)31(34)35/h3-12H,2H2,1H3/b17-9-. The van der Waals surface area contributed by atoms with Crippen LogP contribution in [0.15, 0.2) is 65.3 Å². The van der Waals surface area contributed by atoms with Crippen molar-refractivity contribution in [3.8, 4) is 17.2 Å². The lowest BCUT2D eigenvalue weighted by Crippen LogP contribution is -2.06. The lowest BCUT2D eigenvalue weighted by atomic mass is 10.1. The molecule has 0 radical (unpaired) electrons. The average molecular weight is 578 g/mol. The molecule has 4 rings (SSSR count). The number of alkyl halides is 3. The highest BCUT2D eigenvalue weighted by molar-refractivity contribution is 6.32. The first-order valence-electron chi connectivity index (χ1n) is 11.1. The number of esters is 1. The zero-order valence-electron chi connectivity index (χ0n) is 20.1. The Labute approximate surface area is 227 Å². The Morgan fingerprint density at radius 3 is 2.33 bits per heavy atom. The third-order valence-electron chi connectivity index (χ3n) is 5.28. The quantitative estimate of drug-likeness (QED) is 0.124. The van der Waals surface area contributed by atoms with Crippen LogP contribution in [0.3, 0.4) is 0 Å². The van der Waals surface area contributed by atoms with Crippen molar-refractivity contribution in [1.29, 1.82) is 0 Å². The van der Waals surface area contributed by atoms with Gasteiger partial charge in [-0.2, -0.15) is 13.2 Å². The van der Waals surface area contributed by atoms with E-state index in [9.17, 15) is 38.2 Å². The Morgan fingerprint density at radius 1 is 0.975 bits per heavy atom. The van der Waals surface area contributed by atoms with Crippen LogP contribution in [0.5, 0.6) is 17.2 Å². The van der Waals surface area contributed by atoms with E-state index in [2.05, 4.69) is 4.99 Å². The molecule has 15 heteroatoms. The third-order valence-corrected chi connectivity index (χ3v) is 5.60. The summed E-state index contributed by atoms with van der Waals surface area (Å²) in [4.78, 5) is 37.4. The second-order valence-electron chi connectivity index (χ2n) is 7.94. The van der Waals surface area contributed by atoms with Gasteiger partial charge in [-0.05, 0) is 55.0 Å². The van der Waals surface area contributed by atoms with Crippen LogP contribution in [-0.2, 0) is 15.7 Å². The van der Waals surface area contributed by atoms with Crippen LogP contribution < -0.4 is 9.47 Å². The van der Waals surface area contributed by atoms with Crippen molar-refractivity contribution >= 4 is 40.9 Å². The fraction of sp³-hybridized carbons (Fsp3) is 0.120. The predicted octanol–water partition coefficient (Wildman–Crippen LogP) is 6.71. The molecule has 1 aliphatic rings. The number of carbonyl (C=O) groups excluding carboxylic acids is 1. The van der Waals surface area contributed by atoms with E-state index in [0.717, 1.165) is 12.1 Å². The van der Waals surface area contributed by atoms with Crippen LogP contribution in [0.1, 0.15) is 23.6 Å². The first-order chi connectivity index (χ1) is 18.9. The largest absolute Gasteiger partial charge is 0.490 e. The summed E-state index contributed by atoms with van der Waals surface area (Å²) in [5, 5.41) is 22.4. The van der Waals surface area contributed by atoms with E-state index in [1.54, 1.807) is 6.92 Å². The predicted molar refractivity (Wildman–Crippen MR) is 134 cm³/mol. The maximum Gasteiger partial charge on any atom is 0.416 e. The first-order valence-corrected chi connectivity index (χ1v) is 11.5. The van der Waals surface area contributed by atoms with Crippen molar-refractivity contribution in [3.05, 3.63) is 102 Å². The van der Waals surface area contributed by atoms with Gasteiger partial charge in [0.15, 0.2) is 17.2 Å². The molecule has 0 fully saturated rings. The van der Waals surface area contributed by atoms with Crippen LogP contribution >= 0.6 is 11.6 Å². The molecule has 0 N–H and O–H groups in total. The topological polar surface area (TPSA) is 143 Å². The molecule has 0 aromatic heterocycles. The number of ether oxygens (including phenoxy) is 3. The van der Waals surface area contributed by atoms with E-state index in [4.69, 9.17) is 25.8 Å². The molecule has 11 nitrogen and oxygen atoms in total. The van der Waals surface area contributed by atoms with Gasteiger partial charge in [0.2, 0.25) is 11.6 Å². The van der Waals surface area contributed by atoms with Gasteiger partial charge < -0.3 is 14.2 Å². The number of nitrogens with zero attached hydrogens (tertiary/aromatic N) is 3. The minimum absolute atomic E-state index is 0.0430. The maximum atomic E-state index is 13.0. The van der Waals surface area contributed by atoms with Crippen molar-refractivity contribution in [2.45, 2.75) is 13.1 Å². The summed E-state index contributed by atoms with van der Waals surface area (Å²) in [5.74, 6) is -1.45. The highest BCUT2D eigenvalue weighted by atomic mass is 35.5. The second kappa shape index (κ2) is 11.0. The molecule has 206 valence electrons. The number of cyclic esters (lactones) is 1. The molecule has 0 saturated heterocycles. The van der Waals surface area contributed by atoms with E-state index in [-0.39, 0.29) is 40.3 Å². The summed E-state index contributed by atoms with van der Waals surface area (Å²) in [6.45, 7) is 1.77. The molecule has 0 unspecified atom stereocenters. The molecule has 1 heterocycles. The van der Waals surface area contributed by atoms with Gasteiger partial charge in [-0.1, -0.05) is 17.7 Å². The molecule has 0 saturated carbocycles. The lowest BCUT2D eigenvalue weighted by molar-refractivity contribution is -0.385. The van der Waals surface area contributed by atoms with E-state index < -0.39 is 44.7 Å². The molecule has 0 amide bonds. The SMILES string of the molecule is CCOc1cc(/C=C2\N=C(c3ccc(Cl)c([N+](=O)[O-])c3)OC2=O)ccc1Oc1ccc(C(F)(F)F)cc1[N+](=O)[O-]. The second-order valence-corrected chi connectivity index (χ2v) is 8.35. The van der Waals surface area contributed by atoms with Crippen LogP contribution in [0, 0.1) is 20.2 Å². The molecule has 3 aromatic carbocycles. The molecule has 40 heavy (non-hydrogen) atoms. The van der Waals surface area contributed by atoms with E-state index in [1.165, 1.54) is 36.4 Å². The van der Waals surface area contributed by atoms with E-state index in [1.807, 2.05) is 0 Å². The molecule has 0 atom stereocenters.